The van der Waals surface area contributed by atoms with E-state index in [2.05, 4.69) is 21.2 Å². The number of nitrogens with one attached hydrogen (secondary N) is 1. The molecule has 0 saturated carbocycles. The van der Waals surface area contributed by atoms with Gasteiger partial charge in [-0.05, 0) is 42.8 Å². The minimum atomic E-state index is -3.95. The van der Waals surface area contributed by atoms with Crippen molar-refractivity contribution in [3.8, 4) is 0 Å². The van der Waals surface area contributed by atoms with Gasteiger partial charge < -0.3 is 5.32 Å². The number of sulfonamides is 1. The van der Waals surface area contributed by atoms with Gasteiger partial charge in [0.05, 0.1) is 17.6 Å². The Morgan fingerprint density at radius 2 is 1.92 bits per heavy atom. The van der Waals surface area contributed by atoms with Crippen LogP contribution >= 0.6 is 39.1 Å². The van der Waals surface area contributed by atoms with Crippen LogP contribution in [0.5, 0.6) is 0 Å². The van der Waals surface area contributed by atoms with E-state index in [0.717, 1.165) is 14.3 Å². The van der Waals surface area contributed by atoms with Gasteiger partial charge in [0, 0.05) is 16.5 Å². The minimum Gasteiger partial charge on any atom is -0.348 e. The Kier molecular flexibility index (Phi) is 7.10. The second-order valence-corrected chi connectivity index (χ2v) is 9.45. The third-order valence-electron chi connectivity index (χ3n) is 3.67. The van der Waals surface area contributed by atoms with Crippen molar-refractivity contribution in [2.75, 3.05) is 13.6 Å². The molecule has 2 aromatic carbocycles. The van der Waals surface area contributed by atoms with E-state index in [0.29, 0.717) is 0 Å². The average molecular weight is 480 g/mol. The molecule has 0 aliphatic heterocycles. The molecule has 0 aromatic heterocycles. The second kappa shape index (κ2) is 8.71. The fraction of sp³-hybridized carbons (Fsp3) is 0.235. The first-order valence-corrected chi connectivity index (χ1v) is 10.6. The minimum absolute atomic E-state index is 0.0455. The molecule has 5 nitrogen and oxygen atoms in total. The third kappa shape index (κ3) is 5.20. The Morgan fingerprint density at radius 3 is 2.58 bits per heavy atom. The molecule has 0 fully saturated rings. The zero-order valence-corrected chi connectivity index (χ0v) is 18.0. The van der Waals surface area contributed by atoms with Crippen LogP contribution < -0.4 is 5.32 Å². The molecule has 26 heavy (non-hydrogen) atoms. The number of rotatable bonds is 6. The number of hydrogen-bond acceptors (Lipinski definition) is 3. The highest BCUT2D eigenvalue weighted by atomic mass is 79.9. The van der Waals surface area contributed by atoms with Crippen LogP contribution in [0.3, 0.4) is 0 Å². The maximum atomic E-state index is 12.6. The van der Waals surface area contributed by atoms with Gasteiger partial charge in [-0.3, -0.25) is 4.79 Å². The molecule has 1 N–H and O–H groups in total. The molecular weight excluding hydrogens is 463 g/mol. The summed E-state index contributed by atoms with van der Waals surface area (Å²) in [6, 6.07) is 11.4. The molecule has 0 spiro atoms. The van der Waals surface area contributed by atoms with Crippen molar-refractivity contribution in [3.63, 3.8) is 0 Å². The quantitative estimate of drug-likeness (QED) is 0.673. The predicted molar refractivity (Wildman–Crippen MR) is 107 cm³/mol. The number of nitrogens with zero attached hydrogens (tertiary/aromatic N) is 1. The van der Waals surface area contributed by atoms with Gasteiger partial charge in [-0.1, -0.05) is 51.3 Å². The topological polar surface area (TPSA) is 66.5 Å². The molecule has 2 aromatic rings. The van der Waals surface area contributed by atoms with Crippen LogP contribution in [-0.4, -0.2) is 32.2 Å². The van der Waals surface area contributed by atoms with Crippen molar-refractivity contribution in [1.29, 1.82) is 0 Å². The van der Waals surface area contributed by atoms with Gasteiger partial charge in [0.1, 0.15) is 4.90 Å². The summed E-state index contributed by atoms with van der Waals surface area (Å²) in [5, 5.41) is 3.07. The van der Waals surface area contributed by atoms with Crippen molar-refractivity contribution in [1.82, 2.24) is 9.62 Å². The van der Waals surface area contributed by atoms with E-state index < -0.39 is 15.9 Å². The SMILES string of the molecule is CC(NC(=O)CN(C)S(=O)(=O)c1cc(Cl)ccc1Cl)c1cccc(Br)c1. The maximum absolute atomic E-state index is 12.6. The number of amides is 1. The highest BCUT2D eigenvalue weighted by Gasteiger charge is 2.26. The molecule has 1 amide bonds. The molecule has 1 unspecified atom stereocenters. The number of likely N-dealkylation sites (N-methyl/N-ethyl adjacent to an activating group) is 1. The molecule has 140 valence electrons. The largest absolute Gasteiger partial charge is 0.348 e. The fourth-order valence-corrected chi connectivity index (χ4v) is 4.55. The highest BCUT2D eigenvalue weighted by Crippen LogP contribution is 2.27. The number of carbonyl (C=O) groups is 1. The summed E-state index contributed by atoms with van der Waals surface area (Å²) in [5.41, 5.74) is 0.899. The molecule has 1 atom stereocenters. The van der Waals surface area contributed by atoms with E-state index in [1.165, 1.54) is 25.2 Å². The fourth-order valence-electron chi connectivity index (χ4n) is 2.28. The molecule has 0 heterocycles. The highest BCUT2D eigenvalue weighted by molar-refractivity contribution is 9.10. The lowest BCUT2D eigenvalue weighted by molar-refractivity contribution is -0.121. The van der Waals surface area contributed by atoms with Crippen molar-refractivity contribution in [3.05, 3.63) is 62.5 Å². The number of hydrogen-bond donors (Lipinski definition) is 1. The number of halogens is 3. The molecule has 0 saturated heterocycles. The van der Waals surface area contributed by atoms with E-state index in [9.17, 15) is 13.2 Å². The smallest absolute Gasteiger partial charge is 0.244 e. The Balaban J connectivity index is 2.09. The lowest BCUT2D eigenvalue weighted by atomic mass is 10.1. The summed E-state index contributed by atoms with van der Waals surface area (Å²) < 4.78 is 27.1. The lowest BCUT2D eigenvalue weighted by Gasteiger charge is -2.20. The summed E-state index contributed by atoms with van der Waals surface area (Å²) in [5.74, 6) is -0.429. The van der Waals surface area contributed by atoms with Crippen LogP contribution in [0.15, 0.2) is 51.8 Å². The van der Waals surface area contributed by atoms with Crippen LogP contribution in [0.1, 0.15) is 18.5 Å². The summed E-state index contributed by atoms with van der Waals surface area (Å²) in [7, 11) is -2.63. The van der Waals surface area contributed by atoms with Gasteiger partial charge >= 0.3 is 0 Å². The first-order chi connectivity index (χ1) is 12.1. The van der Waals surface area contributed by atoms with Gasteiger partial charge in [0.25, 0.3) is 0 Å². The summed E-state index contributed by atoms with van der Waals surface area (Å²) in [4.78, 5) is 12.1. The molecule has 0 aliphatic carbocycles. The summed E-state index contributed by atoms with van der Waals surface area (Å²) >= 11 is 15.2. The van der Waals surface area contributed by atoms with Gasteiger partial charge in [-0.25, -0.2) is 8.42 Å². The first-order valence-electron chi connectivity index (χ1n) is 7.57. The Labute approximate surface area is 171 Å². The van der Waals surface area contributed by atoms with Gasteiger partial charge in [0.2, 0.25) is 15.9 Å². The molecule has 0 radical (unpaired) electrons. The van der Waals surface area contributed by atoms with Crippen LogP contribution in [0.25, 0.3) is 0 Å². The number of carbonyl (C=O) groups excluding carboxylic acids is 1. The van der Waals surface area contributed by atoms with Gasteiger partial charge in [-0.2, -0.15) is 4.31 Å². The van der Waals surface area contributed by atoms with Crippen LogP contribution in [0.4, 0.5) is 0 Å². The van der Waals surface area contributed by atoms with Crippen molar-refractivity contribution >= 4 is 55.1 Å². The monoisotopic (exact) mass is 478 g/mol. The molecule has 9 heteroatoms. The zero-order valence-electron chi connectivity index (χ0n) is 14.0. The van der Waals surface area contributed by atoms with E-state index in [4.69, 9.17) is 23.2 Å². The van der Waals surface area contributed by atoms with Gasteiger partial charge in [-0.15, -0.1) is 0 Å². The van der Waals surface area contributed by atoms with E-state index >= 15 is 0 Å². The van der Waals surface area contributed by atoms with E-state index in [1.807, 2.05) is 31.2 Å². The second-order valence-electron chi connectivity index (χ2n) is 5.68. The number of benzene rings is 2. The van der Waals surface area contributed by atoms with Crippen molar-refractivity contribution < 1.29 is 13.2 Å². The Morgan fingerprint density at radius 1 is 1.23 bits per heavy atom. The van der Waals surface area contributed by atoms with Crippen LogP contribution in [-0.2, 0) is 14.8 Å². The lowest BCUT2D eigenvalue weighted by Crippen LogP contribution is -2.39. The summed E-state index contributed by atoms with van der Waals surface area (Å²) in [6.07, 6.45) is 0. The van der Waals surface area contributed by atoms with Crippen LogP contribution in [0.2, 0.25) is 10.0 Å². The standard InChI is InChI=1S/C17H17BrCl2N2O3S/c1-11(12-4-3-5-13(18)8-12)21-17(23)10-22(2)26(24,25)16-9-14(19)6-7-15(16)20/h3-9,11H,10H2,1-2H3,(H,21,23). The van der Waals surface area contributed by atoms with Crippen molar-refractivity contribution in [2.24, 2.45) is 0 Å². The molecule has 2 rings (SSSR count). The predicted octanol–water partition coefficient (Wildman–Crippen LogP) is 4.25. The average Bonchev–Trinajstić information content (AvgIpc) is 2.56. The Bertz CT molecular complexity index is 922. The first kappa shape index (κ1) is 21.2. The third-order valence-corrected chi connectivity index (χ3v) is 6.69. The van der Waals surface area contributed by atoms with Crippen molar-refractivity contribution in [2.45, 2.75) is 17.9 Å². The van der Waals surface area contributed by atoms with Crippen LogP contribution in [0, 0.1) is 0 Å². The normalized spacial score (nSPS) is 12.8. The molecule has 0 aliphatic rings. The maximum Gasteiger partial charge on any atom is 0.244 e. The summed E-state index contributed by atoms with van der Waals surface area (Å²) in [6.45, 7) is 1.48. The molecular formula is C17H17BrCl2N2O3S. The Hall–Kier alpha value is -1.12. The van der Waals surface area contributed by atoms with E-state index in [1.54, 1.807) is 0 Å². The molecule has 0 bridgehead atoms. The zero-order chi connectivity index (χ0) is 19.5. The van der Waals surface area contributed by atoms with E-state index in [-0.39, 0.29) is 27.5 Å². The van der Waals surface area contributed by atoms with Gasteiger partial charge in [0.15, 0.2) is 0 Å².